The smallest absolute Gasteiger partial charge is 0.339 e. The number of aliphatic hydroxyl groups excluding tert-OH is 1. The largest absolute Gasteiger partial charge is 0.493 e. The first kappa shape index (κ1) is 24.6. The van der Waals surface area contributed by atoms with Gasteiger partial charge in [-0.25, -0.2) is 4.79 Å². The van der Waals surface area contributed by atoms with Crippen LogP contribution in [0.4, 0.5) is 5.69 Å². The second-order valence-corrected chi connectivity index (χ2v) is 8.08. The molecule has 0 aliphatic rings. The standard InChI is InChI=1S/C26H29ClN2O4/c1-2-15-33-25-16-20(7-12-23(25)26(31)32)18-5-10-22(11-6-18)29-14-13-28-17-24(30)19-3-8-21(27)9-4-19/h3-12,16,24,28-30H,2,13-15,17H2,1H3,(H,31,32)/t24-/m0/s1. The first-order chi connectivity index (χ1) is 16.0. The number of carbonyl (C=O) groups is 1. The van der Waals surface area contributed by atoms with Crippen LogP contribution in [0.1, 0.15) is 35.4 Å². The highest BCUT2D eigenvalue weighted by Gasteiger charge is 2.13. The van der Waals surface area contributed by atoms with Gasteiger partial charge >= 0.3 is 5.97 Å². The zero-order valence-corrected chi connectivity index (χ0v) is 19.3. The summed E-state index contributed by atoms with van der Waals surface area (Å²) < 4.78 is 5.64. The predicted molar refractivity (Wildman–Crippen MR) is 132 cm³/mol. The molecule has 1 atom stereocenters. The summed E-state index contributed by atoms with van der Waals surface area (Å²) in [6.07, 6.45) is 0.221. The van der Waals surface area contributed by atoms with Gasteiger partial charge in [0, 0.05) is 30.3 Å². The van der Waals surface area contributed by atoms with Crippen LogP contribution < -0.4 is 15.4 Å². The van der Waals surface area contributed by atoms with Gasteiger partial charge in [0.05, 0.1) is 12.7 Å². The average molecular weight is 469 g/mol. The molecular formula is C26H29ClN2O4. The number of hydrogen-bond acceptors (Lipinski definition) is 5. The third-order valence-electron chi connectivity index (χ3n) is 5.12. The molecule has 0 unspecified atom stereocenters. The van der Waals surface area contributed by atoms with Gasteiger partial charge in [0.25, 0.3) is 0 Å². The van der Waals surface area contributed by atoms with E-state index in [9.17, 15) is 15.0 Å². The number of anilines is 1. The molecule has 0 amide bonds. The molecule has 0 bridgehead atoms. The minimum Gasteiger partial charge on any atom is -0.493 e. The topological polar surface area (TPSA) is 90.8 Å². The van der Waals surface area contributed by atoms with Gasteiger partial charge in [-0.05, 0) is 59.5 Å². The fraction of sp³-hybridized carbons (Fsp3) is 0.269. The lowest BCUT2D eigenvalue weighted by Gasteiger charge is -2.13. The van der Waals surface area contributed by atoms with Gasteiger partial charge in [-0.2, -0.15) is 0 Å². The van der Waals surface area contributed by atoms with Crippen LogP contribution in [-0.2, 0) is 0 Å². The number of nitrogens with one attached hydrogen (secondary N) is 2. The molecule has 0 heterocycles. The van der Waals surface area contributed by atoms with Crippen LogP contribution in [-0.4, -0.2) is 42.4 Å². The highest BCUT2D eigenvalue weighted by Crippen LogP contribution is 2.28. The van der Waals surface area contributed by atoms with Crippen molar-refractivity contribution in [2.24, 2.45) is 0 Å². The van der Waals surface area contributed by atoms with E-state index in [4.69, 9.17) is 16.3 Å². The van der Waals surface area contributed by atoms with Crippen LogP contribution in [0, 0.1) is 0 Å². The van der Waals surface area contributed by atoms with E-state index < -0.39 is 12.1 Å². The van der Waals surface area contributed by atoms with Crippen LogP contribution >= 0.6 is 11.6 Å². The Morgan fingerprint density at radius 3 is 2.36 bits per heavy atom. The molecule has 7 heteroatoms. The molecule has 0 aromatic heterocycles. The molecule has 0 spiro atoms. The van der Waals surface area contributed by atoms with Gasteiger partial charge in [-0.3, -0.25) is 0 Å². The summed E-state index contributed by atoms with van der Waals surface area (Å²) in [5.41, 5.74) is 3.84. The molecule has 0 saturated heterocycles. The molecule has 6 nitrogen and oxygen atoms in total. The monoisotopic (exact) mass is 468 g/mol. The molecule has 0 fully saturated rings. The van der Waals surface area contributed by atoms with E-state index in [2.05, 4.69) is 10.6 Å². The molecule has 0 aliphatic carbocycles. The van der Waals surface area contributed by atoms with E-state index >= 15 is 0 Å². The number of hydrogen-bond donors (Lipinski definition) is 4. The maximum Gasteiger partial charge on any atom is 0.339 e. The summed E-state index contributed by atoms with van der Waals surface area (Å²) in [5, 5.41) is 26.8. The molecule has 33 heavy (non-hydrogen) atoms. The van der Waals surface area contributed by atoms with E-state index in [1.807, 2.05) is 43.3 Å². The lowest BCUT2D eigenvalue weighted by Crippen LogP contribution is -2.26. The Bertz CT molecular complexity index is 1040. The van der Waals surface area contributed by atoms with Gasteiger partial charge in [0.15, 0.2) is 0 Å². The van der Waals surface area contributed by atoms with Crippen LogP contribution in [0.3, 0.4) is 0 Å². The Morgan fingerprint density at radius 2 is 1.70 bits per heavy atom. The molecule has 0 saturated carbocycles. The van der Waals surface area contributed by atoms with Gasteiger partial charge < -0.3 is 25.6 Å². The summed E-state index contributed by atoms with van der Waals surface area (Å²) in [5.74, 6) is -0.614. The van der Waals surface area contributed by atoms with Crippen molar-refractivity contribution < 1.29 is 19.7 Å². The highest BCUT2D eigenvalue weighted by molar-refractivity contribution is 6.30. The lowest BCUT2D eigenvalue weighted by molar-refractivity contribution is 0.0692. The fourth-order valence-electron chi connectivity index (χ4n) is 3.33. The van der Waals surface area contributed by atoms with E-state index in [-0.39, 0.29) is 5.56 Å². The minimum absolute atomic E-state index is 0.166. The molecule has 3 aromatic rings. The SMILES string of the molecule is CCCOc1cc(-c2ccc(NCCNC[C@H](O)c3ccc(Cl)cc3)cc2)ccc1C(=O)O. The number of ether oxygens (including phenoxy) is 1. The van der Waals surface area contributed by atoms with Crippen LogP contribution in [0.25, 0.3) is 11.1 Å². The number of rotatable bonds is 12. The van der Waals surface area contributed by atoms with Gasteiger partial charge in [0.2, 0.25) is 0 Å². The number of aliphatic hydroxyl groups is 1. The van der Waals surface area contributed by atoms with Gasteiger partial charge in [0.1, 0.15) is 11.3 Å². The van der Waals surface area contributed by atoms with E-state index in [0.717, 1.165) is 28.8 Å². The summed E-state index contributed by atoms with van der Waals surface area (Å²) in [4.78, 5) is 11.4. The Hall–Kier alpha value is -3.06. The predicted octanol–water partition coefficient (Wildman–Crippen LogP) is 5.23. The van der Waals surface area contributed by atoms with Crippen molar-refractivity contribution in [2.45, 2.75) is 19.4 Å². The summed E-state index contributed by atoms with van der Waals surface area (Å²) in [6.45, 7) is 4.30. The number of halogens is 1. The quantitative estimate of drug-likeness (QED) is 0.272. The fourth-order valence-corrected chi connectivity index (χ4v) is 3.45. The Morgan fingerprint density at radius 1 is 1.00 bits per heavy atom. The Labute approximate surface area is 199 Å². The van der Waals surface area contributed by atoms with Crippen molar-refractivity contribution in [3.05, 3.63) is 82.9 Å². The average Bonchev–Trinajstić information content (AvgIpc) is 2.83. The van der Waals surface area contributed by atoms with Crippen molar-refractivity contribution in [3.63, 3.8) is 0 Å². The minimum atomic E-state index is -0.999. The Balaban J connectivity index is 1.50. The van der Waals surface area contributed by atoms with E-state index in [0.29, 0.717) is 37.0 Å². The summed E-state index contributed by atoms with van der Waals surface area (Å²) in [6, 6.07) is 20.3. The second-order valence-electron chi connectivity index (χ2n) is 7.64. The van der Waals surface area contributed by atoms with E-state index in [1.54, 1.807) is 30.3 Å². The normalized spacial score (nSPS) is 11.7. The van der Waals surface area contributed by atoms with E-state index in [1.165, 1.54) is 0 Å². The van der Waals surface area contributed by atoms with Crippen molar-refractivity contribution in [3.8, 4) is 16.9 Å². The zero-order chi connectivity index (χ0) is 23.6. The Kier molecular flexibility index (Phi) is 9.13. The van der Waals surface area contributed by atoms with Gasteiger partial charge in [-0.15, -0.1) is 0 Å². The number of aromatic carboxylic acids is 1. The molecule has 174 valence electrons. The van der Waals surface area contributed by atoms with Crippen molar-refractivity contribution in [2.75, 3.05) is 31.6 Å². The van der Waals surface area contributed by atoms with Crippen LogP contribution in [0.15, 0.2) is 66.7 Å². The maximum atomic E-state index is 11.4. The highest BCUT2D eigenvalue weighted by atomic mass is 35.5. The third-order valence-corrected chi connectivity index (χ3v) is 5.37. The van der Waals surface area contributed by atoms with Crippen molar-refractivity contribution >= 4 is 23.3 Å². The molecule has 3 aromatic carbocycles. The summed E-state index contributed by atoms with van der Waals surface area (Å²) >= 11 is 5.87. The molecule has 4 N–H and O–H groups in total. The van der Waals surface area contributed by atoms with Crippen LogP contribution in [0.2, 0.25) is 5.02 Å². The third kappa shape index (κ3) is 7.22. The first-order valence-corrected chi connectivity index (χ1v) is 11.3. The molecular weight excluding hydrogens is 440 g/mol. The number of benzene rings is 3. The van der Waals surface area contributed by atoms with Crippen LogP contribution in [0.5, 0.6) is 5.75 Å². The molecule has 3 rings (SSSR count). The van der Waals surface area contributed by atoms with Crippen molar-refractivity contribution in [1.82, 2.24) is 5.32 Å². The molecule has 0 radical (unpaired) electrons. The lowest BCUT2D eigenvalue weighted by atomic mass is 10.0. The maximum absolute atomic E-state index is 11.4. The molecule has 0 aliphatic heterocycles. The first-order valence-electron chi connectivity index (χ1n) is 11.0. The van der Waals surface area contributed by atoms with Gasteiger partial charge in [-0.1, -0.05) is 48.9 Å². The second kappa shape index (κ2) is 12.3. The number of carboxylic acids is 1. The number of carboxylic acid groups (broad SMARTS) is 1. The zero-order valence-electron chi connectivity index (χ0n) is 18.6. The summed E-state index contributed by atoms with van der Waals surface area (Å²) in [7, 11) is 0. The van der Waals surface area contributed by atoms with Crippen molar-refractivity contribution in [1.29, 1.82) is 0 Å².